The highest BCUT2D eigenvalue weighted by atomic mass is 16.5. The quantitative estimate of drug-likeness (QED) is 0.827. The van der Waals surface area contributed by atoms with Crippen LogP contribution in [0, 0.1) is 0 Å². The second kappa shape index (κ2) is 7.05. The van der Waals surface area contributed by atoms with Crippen molar-refractivity contribution in [1.82, 2.24) is 10.2 Å². The zero-order chi connectivity index (χ0) is 14.4. The van der Waals surface area contributed by atoms with Gasteiger partial charge < -0.3 is 15.0 Å². The lowest BCUT2D eigenvalue weighted by Crippen LogP contribution is -2.39. The van der Waals surface area contributed by atoms with Crippen molar-refractivity contribution in [2.45, 2.75) is 18.9 Å². The highest BCUT2D eigenvalue weighted by molar-refractivity contribution is 5.82. The van der Waals surface area contributed by atoms with Gasteiger partial charge in [-0.2, -0.15) is 0 Å². The third-order valence-corrected chi connectivity index (χ3v) is 3.37. The highest BCUT2D eigenvalue weighted by Gasteiger charge is 2.29. The molecule has 1 heterocycles. The van der Waals surface area contributed by atoms with Crippen LogP contribution in [0.1, 0.15) is 12.0 Å². The molecular formula is C15H20N2O3. The maximum Gasteiger partial charge on any atom is 0.246 e. The van der Waals surface area contributed by atoms with Crippen LogP contribution in [0.25, 0.3) is 0 Å². The summed E-state index contributed by atoms with van der Waals surface area (Å²) in [6.07, 6.45) is 1.22. The van der Waals surface area contributed by atoms with Gasteiger partial charge in [0, 0.05) is 26.6 Å². The molecule has 0 spiro atoms. The number of amides is 2. The number of nitrogens with one attached hydrogen (secondary N) is 1. The summed E-state index contributed by atoms with van der Waals surface area (Å²) in [5, 5.41) is 2.81. The molecule has 20 heavy (non-hydrogen) atoms. The molecule has 0 bridgehead atoms. The maximum absolute atomic E-state index is 11.9. The molecule has 0 saturated carbocycles. The maximum atomic E-state index is 11.9. The average Bonchev–Trinajstić information content (AvgIpc) is 2.78. The average molecular weight is 276 g/mol. The second-order valence-corrected chi connectivity index (χ2v) is 4.98. The Morgan fingerprint density at radius 2 is 2.15 bits per heavy atom. The molecule has 1 fully saturated rings. The molecule has 2 amide bonds. The number of carbonyl (C=O) groups excluding carboxylic acids is 2. The van der Waals surface area contributed by atoms with Crippen LogP contribution in [-0.4, -0.2) is 49.6 Å². The molecule has 0 aromatic heterocycles. The van der Waals surface area contributed by atoms with E-state index in [1.54, 1.807) is 0 Å². The summed E-state index contributed by atoms with van der Waals surface area (Å²) in [6.45, 7) is 1.31. The number of benzene rings is 1. The summed E-state index contributed by atoms with van der Waals surface area (Å²) in [5.74, 6) is -0.0705. The van der Waals surface area contributed by atoms with Crippen molar-refractivity contribution in [3.8, 4) is 0 Å². The Morgan fingerprint density at radius 3 is 2.85 bits per heavy atom. The summed E-state index contributed by atoms with van der Waals surface area (Å²) >= 11 is 0. The molecule has 0 unspecified atom stereocenters. The van der Waals surface area contributed by atoms with Crippen molar-refractivity contribution in [2.75, 3.05) is 26.8 Å². The van der Waals surface area contributed by atoms with Crippen LogP contribution in [0.4, 0.5) is 0 Å². The minimum absolute atomic E-state index is 0.0364. The van der Waals surface area contributed by atoms with Crippen LogP contribution in [0.5, 0.6) is 0 Å². The minimum Gasteiger partial charge on any atom is -0.375 e. The molecule has 5 heteroatoms. The summed E-state index contributed by atoms with van der Waals surface area (Å²) in [6, 6.07) is 9.98. The molecule has 1 saturated heterocycles. The molecule has 0 radical (unpaired) electrons. The molecule has 0 aliphatic carbocycles. The predicted octanol–water partition coefficient (Wildman–Crippen LogP) is 0.593. The number of ether oxygens (including phenoxy) is 1. The van der Waals surface area contributed by atoms with Crippen LogP contribution in [-0.2, 0) is 20.7 Å². The van der Waals surface area contributed by atoms with Gasteiger partial charge in [-0.15, -0.1) is 0 Å². The van der Waals surface area contributed by atoms with Gasteiger partial charge in [-0.1, -0.05) is 30.3 Å². The Bertz CT molecular complexity index is 461. The van der Waals surface area contributed by atoms with Crippen LogP contribution in [0.15, 0.2) is 30.3 Å². The van der Waals surface area contributed by atoms with Gasteiger partial charge in [0.25, 0.3) is 0 Å². The van der Waals surface area contributed by atoms with Crippen LogP contribution in [0.3, 0.4) is 0 Å². The van der Waals surface area contributed by atoms with Crippen molar-refractivity contribution >= 4 is 11.8 Å². The molecule has 2 rings (SSSR count). The zero-order valence-corrected chi connectivity index (χ0v) is 11.7. The van der Waals surface area contributed by atoms with Crippen molar-refractivity contribution in [1.29, 1.82) is 0 Å². The van der Waals surface area contributed by atoms with Gasteiger partial charge in [-0.3, -0.25) is 9.59 Å². The third-order valence-electron chi connectivity index (χ3n) is 3.37. The van der Waals surface area contributed by atoms with Crippen LogP contribution < -0.4 is 5.32 Å². The van der Waals surface area contributed by atoms with Gasteiger partial charge in [0.05, 0.1) is 6.04 Å². The van der Waals surface area contributed by atoms with E-state index < -0.39 is 0 Å². The van der Waals surface area contributed by atoms with E-state index in [1.807, 2.05) is 23.1 Å². The van der Waals surface area contributed by atoms with E-state index in [4.69, 9.17) is 4.74 Å². The standard InChI is InChI=1S/C15H20N2O3/c1-20-11-14(18)16-13-9-15(19)17(10-13)8-7-12-5-3-2-4-6-12/h2-6,13H,7-11H2,1H3,(H,16,18)/t13-/m1/s1. The molecule has 1 aliphatic heterocycles. The highest BCUT2D eigenvalue weighted by Crippen LogP contribution is 2.12. The summed E-state index contributed by atoms with van der Waals surface area (Å²) in [5.41, 5.74) is 1.21. The number of hydrogen-bond donors (Lipinski definition) is 1. The zero-order valence-electron chi connectivity index (χ0n) is 11.7. The number of nitrogens with zero attached hydrogens (tertiary/aromatic N) is 1. The fourth-order valence-electron chi connectivity index (χ4n) is 2.39. The first-order valence-electron chi connectivity index (χ1n) is 6.79. The molecule has 1 aliphatic rings. The molecule has 1 aromatic carbocycles. The number of carbonyl (C=O) groups is 2. The molecule has 5 nitrogen and oxygen atoms in total. The fourth-order valence-corrected chi connectivity index (χ4v) is 2.39. The smallest absolute Gasteiger partial charge is 0.246 e. The Hall–Kier alpha value is -1.88. The summed E-state index contributed by atoms with van der Waals surface area (Å²) < 4.78 is 4.76. The van der Waals surface area contributed by atoms with Crippen LogP contribution in [0.2, 0.25) is 0 Å². The van der Waals surface area contributed by atoms with E-state index >= 15 is 0 Å². The SMILES string of the molecule is COCC(=O)N[C@@H]1CC(=O)N(CCc2ccccc2)C1. The lowest BCUT2D eigenvalue weighted by Gasteiger charge is -2.17. The van der Waals surface area contributed by atoms with Gasteiger partial charge in [-0.05, 0) is 12.0 Å². The van der Waals surface area contributed by atoms with E-state index in [-0.39, 0.29) is 24.5 Å². The monoisotopic (exact) mass is 276 g/mol. The van der Waals surface area contributed by atoms with Gasteiger partial charge >= 0.3 is 0 Å². The summed E-state index contributed by atoms with van der Waals surface area (Å²) in [7, 11) is 1.48. The van der Waals surface area contributed by atoms with E-state index in [1.165, 1.54) is 12.7 Å². The first kappa shape index (κ1) is 14.5. The van der Waals surface area contributed by atoms with Crippen molar-refractivity contribution in [2.24, 2.45) is 0 Å². The number of rotatable bonds is 6. The Labute approximate surface area is 118 Å². The van der Waals surface area contributed by atoms with Gasteiger partial charge in [0.1, 0.15) is 6.61 Å². The van der Waals surface area contributed by atoms with Crippen LogP contribution >= 0.6 is 0 Å². The van der Waals surface area contributed by atoms with Crippen molar-refractivity contribution < 1.29 is 14.3 Å². The first-order chi connectivity index (χ1) is 9.69. The van der Waals surface area contributed by atoms with E-state index in [0.29, 0.717) is 19.5 Å². The van der Waals surface area contributed by atoms with Gasteiger partial charge in [-0.25, -0.2) is 0 Å². The second-order valence-electron chi connectivity index (χ2n) is 4.98. The predicted molar refractivity (Wildman–Crippen MR) is 75.1 cm³/mol. The van der Waals surface area contributed by atoms with E-state index in [9.17, 15) is 9.59 Å². The number of methoxy groups -OCH3 is 1. The molecule has 108 valence electrons. The van der Waals surface area contributed by atoms with Gasteiger partial charge in [0.15, 0.2) is 0 Å². The molecular weight excluding hydrogens is 256 g/mol. The lowest BCUT2D eigenvalue weighted by atomic mass is 10.1. The van der Waals surface area contributed by atoms with Gasteiger partial charge in [0.2, 0.25) is 11.8 Å². The first-order valence-corrected chi connectivity index (χ1v) is 6.79. The molecule has 1 N–H and O–H groups in total. The largest absolute Gasteiger partial charge is 0.375 e. The lowest BCUT2D eigenvalue weighted by molar-refractivity contribution is -0.127. The van der Waals surface area contributed by atoms with Crippen molar-refractivity contribution in [3.05, 3.63) is 35.9 Å². The normalized spacial score (nSPS) is 18.4. The number of hydrogen-bond acceptors (Lipinski definition) is 3. The fraction of sp³-hybridized carbons (Fsp3) is 0.467. The Balaban J connectivity index is 1.79. The molecule has 1 aromatic rings. The summed E-state index contributed by atoms with van der Waals surface area (Å²) in [4.78, 5) is 25.1. The number of likely N-dealkylation sites (tertiary alicyclic amines) is 1. The third kappa shape index (κ3) is 4.06. The topological polar surface area (TPSA) is 58.6 Å². The Kier molecular flexibility index (Phi) is 5.12. The van der Waals surface area contributed by atoms with E-state index in [0.717, 1.165) is 6.42 Å². The minimum atomic E-state index is -0.171. The van der Waals surface area contributed by atoms with E-state index in [2.05, 4.69) is 17.4 Å². The van der Waals surface area contributed by atoms with Crippen molar-refractivity contribution in [3.63, 3.8) is 0 Å². The Morgan fingerprint density at radius 1 is 1.40 bits per heavy atom. The molecule has 1 atom stereocenters.